The predicted octanol–water partition coefficient (Wildman–Crippen LogP) is 2.61. The first-order valence-electron chi connectivity index (χ1n) is 6.56. The number of rotatable bonds is 4. The van der Waals surface area contributed by atoms with Crippen LogP contribution in [0.15, 0.2) is 18.2 Å². The molecule has 2 atom stereocenters. The van der Waals surface area contributed by atoms with Crippen molar-refractivity contribution in [1.82, 2.24) is 5.32 Å². The number of nitrogens with one attached hydrogen (secondary N) is 1. The number of hydrogen-bond donors (Lipinski definition) is 1. The highest BCUT2D eigenvalue weighted by Crippen LogP contribution is 2.21. The first kappa shape index (κ1) is 12.6. The highest BCUT2D eigenvalue weighted by molar-refractivity contribution is 5.34. The SMILES string of the molecule is CNC(Cc1c(C)cccc1C)C1CCCO1. The third-order valence-electron chi connectivity index (χ3n) is 3.85. The molecule has 0 aliphatic carbocycles. The van der Waals surface area contributed by atoms with Crippen molar-refractivity contribution in [3.63, 3.8) is 0 Å². The van der Waals surface area contributed by atoms with Gasteiger partial charge >= 0.3 is 0 Å². The summed E-state index contributed by atoms with van der Waals surface area (Å²) in [5.41, 5.74) is 4.26. The van der Waals surface area contributed by atoms with E-state index in [0.717, 1.165) is 13.0 Å². The molecule has 1 saturated heterocycles. The van der Waals surface area contributed by atoms with Crippen LogP contribution in [0.4, 0.5) is 0 Å². The Morgan fingerprint density at radius 1 is 1.35 bits per heavy atom. The van der Waals surface area contributed by atoms with Crippen LogP contribution < -0.4 is 5.32 Å². The summed E-state index contributed by atoms with van der Waals surface area (Å²) >= 11 is 0. The summed E-state index contributed by atoms with van der Waals surface area (Å²) in [4.78, 5) is 0. The fourth-order valence-corrected chi connectivity index (χ4v) is 2.73. The highest BCUT2D eigenvalue weighted by Gasteiger charge is 2.25. The molecule has 0 saturated carbocycles. The van der Waals surface area contributed by atoms with Gasteiger partial charge in [-0.1, -0.05) is 18.2 Å². The Morgan fingerprint density at radius 2 is 2.06 bits per heavy atom. The molecule has 2 rings (SSSR count). The van der Waals surface area contributed by atoms with E-state index in [-0.39, 0.29) is 0 Å². The van der Waals surface area contributed by atoms with Crippen molar-refractivity contribution in [3.05, 3.63) is 34.9 Å². The Balaban J connectivity index is 2.12. The van der Waals surface area contributed by atoms with E-state index in [2.05, 4.69) is 37.4 Å². The average molecular weight is 233 g/mol. The topological polar surface area (TPSA) is 21.3 Å². The van der Waals surface area contributed by atoms with E-state index >= 15 is 0 Å². The van der Waals surface area contributed by atoms with Crippen LogP contribution in [0.5, 0.6) is 0 Å². The van der Waals surface area contributed by atoms with Gasteiger partial charge in [-0.05, 0) is 56.8 Å². The van der Waals surface area contributed by atoms with Crippen molar-refractivity contribution in [1.29, 1.82) is 0 Å². The maximum absolute atomic E-state index is 5.80. The van der Waals surface area contributed by atoms with Crippen LogP contribution in [-0.2, 0) is 11.2 Å². The normalized spacial score (nSPS) is 21.7. The number of ether oxygens (including phenoxy) is 1. The van der Waals surface area contributed by atoms with Gasteiger partial charge in [-0.15, -0.1) is 0 Å². The van der Waals surface area contributed by atoms with Gasteiger partial charge in [-0.3, -0.25) is 0 Å². The minimum atomic E-state index is 0.388. The quantitative estimate of drug-likeness (QED) is 0.863. The molecule has 1 aliphatic heterocycles. The smallest absolute Gasteiger partial charge is 0.0732 e. The van der Waals surface area contributed by atoms with Crippen LogP contribution in [-0.4, -0.2) is 25.8 Å². The van der Waals surface area contributed by atoms with Gasteiger partial charge in [0.05, 0.1) is 6.10 Å². The summed E-state index contributed by atoms with van der Waals surface area (Å²) in [6.45, 7) is 5.32. The lowest BCUT2D eigenvalue weighted by molar-refractivity contribution is 0.0807. The zero-order valence-corrected chi connectivity index (χ0v) is 11.1. The molecule has 17 heavy (non-hydrogen) atoms. The van der Waals surface area contributed by atoms with Crippen molar-refractivity contribution in [2.45, 2.75) is 45.3 Å². The Morgan fingerprint density at radius 3 is 2.59 bits per heavy atom. The van der Waals surface area contributed by atoms with Crippen molar-refractivity contribution < 1.29 is 4.74 Å². The van der Waals surface area contributed by atoms with E-state index in [1.165, 1.54) is 29.5 Å². The lowest BCUT2D eigenvalue weighted by Gasteiger charge is -2.24. The molecule has 1 aromatic carbocycles. The minimum absolute atomic E-state index is 0.388. The van der Waals surface area contributed by atoms with E-state index in [0.29, 0.717) is 12.1 Å². The zero-order chi connectivity index (χ0) is 12.3. The number of aryl methyl sites for hydroxylation is 2. The van der Waals surface area contributed by atoms with Gasteiger partial charge in [-0.2, -0.15) is 0 Å². The molecule has 0 aromatic heterocycles. The van der Waals surface area contributed by atoms with Gasteiger partial charge in [0.25, 0.3) is 0 Å². The van der Waals surface area contributed by atoms with Crippen molar-refractivity contribution >= 4 is 0 Å². The fourth-order valence-electron chi connectivity index (χ4n) is 2.73. The lowest BCUT2D eigenvalue weighted by Crippen LogP contribution is -2.39. The summed E-state index contributed by atoms with van der Waals surface area (Å²) in [7, 11) is 2.04. The molecule has 1 aromatic rings. The summed E-state index contributed by atoms with van der Waals surface area (Å²) in [5.74, 6) is 0. The molecule has 1 N–H and O–H groups in total. The second-order valence-corrected chi connectivity index (χ2v) is 5.02. The highest BCUT2D eigenvalue weighted by atomic mass is 16.5. The van der Waals surface area contributed by atoms with Gasteiger partial charge in [0.1, 0.15) is 0 Å². The third kappa shape index (κ3) is 2.88. The van der Waals surface area contributed by atoms with Crippen LogP contribution in [0, 0.1) is 13.8 Å². The van der Waals surface area contributed by atoms with E-state index < -0.39 is 0 Å². The van der Waals surface area contributed by atoms with Crippen LogP contribution in [0.3, 0.4) is 0 Å². The second-order valence-electron chi connectivity index (χ2n) is 5.02. The predicted molar refractivity (Wildman–Crippen MR) is 71.4 cm³/mol. The standard InChI is InChI=1S/C15H23NO/c1-11-6-4-7-12(2)13(11)10-14(16-3)15-8-5-9-17-15/h4,6-7,14-16H,5,8-10H2,1-3H3. The van der Waals surface area contributed by atoms with E-state index in [1.807, 2.05) is 7.05 Å². The third-order valence-corrected chi connectivity index (χ3v) is 3.85. The Kier molecular flexibility index (Phi) is 4.19. The van der Waals surface area contributed by atoms with Gasteiger partial charge < -0.3 is 10.1 Å². The van der Waals surface area contributed by atoms with Crippen LogP contribution >= 0.6 is 0 Å². The molecule has 0 bridgehead atoms. The first-order valence-corrected chi connectivity index (χ1v) is 6.56. The van der Waals surface area contributed by atoms with Crippen molar-refractivity contribution in [2.24, 2.45) is 0 Å². The van der Waals surface area contributed by atoms with E-state index in [9.17, 15) is 0 Å². The van der Waals surface area contributed by atoms with Crippen LogP contribution in [0.2, 0.25) is 0 Å². The van der Waals surface area contributed by atoms with E-state index in [4.69, 9.17) is 4.74 Å². The molecule has 0 spiro atoms. The molecule has 2 unspecified atom stereocenters. The molecule has 2 nitrogen and oxygen atoms in total. The summed E-state index contributed by atoms with van der Waals surface area (Å²) in [6.07, 6.45) is 3.85. The van der Waals surface area contributed by atoms with Crippen LogP contribution in [0.1, 0.15) is 29.5 Å². The molecular weight excluding hydrogens is 210 g/mol. The Labute approximate surface area is 104 Å². The molecule has 94 valence electrons. The second kappa shape index (κ2) is 5.65. The maximum atomic E-state index is 5.80. The summed E-state index contributed by atoms with van der Waals surface area (Å²) < 4.78 is 5.80. The first-order chi connectivity index (χ1) is 8.22. The van der Waals surface area contributed by atoms with Gasteiger partial charge in [0.2, 0.25) is 0 Å². The van der Waals surface area contributed by atoms with Gasteiger partial charge in [0.15, 0.2) is 0 Å². The number of benzene rings is 1. The fraction of sp³-hybridized carbons (Fsp3) is 0.600. The molecular formula is C15H23NO. The molecule has 2 heteroatoms. The van der Waals surface area contributed by atoms with E-state index in [1.54, 1.807) is 0 Å². The maximum Gasteiger partial charge on any atom is 0.0732 e. The van der Waals surface area contributed by atoms with Crippen molar-refractivity contribution in [3.8, 4) is 0 Å². The molecule has 0 amide bonds. The number of likely N-dealkylation sites (N-methyl/N-ethyl adjacent to an activating group) is 1. The van der Waals surface area contributed by atoms with Crippen molar-refractivity contribution in [2.75, 3.05) is 13.7 Å². The lowest BCUT2D eigenvalue weighted by atomic mass is 9.93. The molecule has 1 fully saturated rings. The van der Waals surface area contributed by atoms with Gasteiger partial charge in [-0.25, -0.2) is 0 Å². The van der Waals surface area contributed by atoms with Gasteiger partial charge in [0, 0.05) is 12.6 Å². The minimum Gasteiger partial charge on any atom is -0.377 e. The Bertz CT molecular complexity index is 349. The molecule has 1 aliphatic rings. The summed E-state index contributed by atoms with van der Waals surface area (Å²) in [6, 6.07) is 6.97. The largest absolute Gasteiger partial charge is 0.377 e. The molecule has 0 radical (unpaired) electrons. The average Bonchev–Trinajstić information content (AvgIpc) is 2.82. The zero-order valence-electron chi connectivity index (χ0n) is 11.1. The monoisotopic (exact) mass is 233 g/mol. The molecule has 1 heterocycles. The Hall–Kier alpha value is -0.860. The summed E-state index contributed by atoms with van der Waals surface area (Å²) in [5, 5.41) is 3.42. The van der Waals surface area contributed by atoms with Crippen LogP contribution in [0.25, 0.3) is 0 Å². The number of hydrogen-bond acceptors (Lipinski definition) is 2.